The Labute approximate surface area is 612 Å². The van der Waals surface area contributed by atoms with Crippen LogP contribution >= 0.6 is 15.6 Å². The second-order valence-electron chi connectivity index (χ2n) is 29.0. The summed E-state index contributed by atoms with van der Waals surface area (Å²) in [6, 6.07) is 0. The summed E-state index contributed by atoms with van der Waals surface area (Å²) in [6.45, 7) is 7.29. The predicted octanol–water partition coefficient (Wildman–Crippen LogP) is 24.0. The SMILES string of the molecule is CCCCCC/C=C\C=C/CCCCCCCC(=O)O[C@H](COC(=O)CCCCCCCCCCCCC)COP(=O)(O)OC[C@H](O)COP(=O)(O)OC[C@@H](COC(=O)CCCCCCCCCCCCCCCCCC)OC(=O)CCCCCCCCCCCCCCCCCC(C)C. The van der Waals surface area contributed by atoms with Crippen molar-refractivity contribution in [3.05, 3.63) is 24.3 Å². The van der Waals surface area contributed by atoms with Crippen LogP contribution in [0.25, 0.3) is 0 Å². The van der Waals surface area contributed by atoms with Gasteiger partial charge in [-0.25, -0.2) is 9.13 Å². The molecule has 0 saturated heterocycles. The third kappa shape index (κ3) is 73.8. The number of aliphatic hydroxyl groups is 1. The Bertz CT molecular complexity index is 2000. The van der Waals surface area contributed by atoms with Crippen LogP contribution in [0.3, 0.4) is 0 Å². The lowest BCUT2D eigenvalue weighted by Crippen LogP contribution is -2.30. The molecular weight excluding hydrogens is 1310 g/mol. The van der Waals surface area contributed by atoms with Crippen LogP contribution in [0.4, 0.5) is 0 Å². The van der Waals surface area contributed by atoms with E-state index in [9.17, 15) is 43.2 Å². The van der Waals surface area contributed by atoms with E-state index >= 15 is 0 Å². The van der Waals surface area contributed by atoms with Gasteiger partial charge in [0, 0.05) is 25.7 Å². The van der Waals surface area contributed by atoms with Gasteiger partial charge >= 0.3 is 39.5 Å². The van der Waals surface area contributed by atoms with E-state index in [-0.39, 0.29) is 25.7 Å². The van der Waals surface area contributed by atoms with Gasteiger partial charge in [-0.15, -0.1) is 0 Å². The smallest absolute Gasteiger partial charge is 0.462 e. The van der Waals surface area contributed by atoms with E-state index < -0.39 is 97.5 Å². The van der Waals surface area contributed by atoms with Crippen LogP contribution in [-0.4, -0.2) is 96.7 Å². The van der Waals surface area contributed by atoms with Gasteiger partial charge in [0.05, 0.1) is 26.4 Å². The fraction of sp³-hybridized carbons (Fsp3) is 0.901. The molecule has 5 atom stereocenters. The molecule has 0 radical (unpaired) electrons. The highest BCUT2D eigenvalue weighted by Crippen LogP contribution is 2.45. The van der Waals surface area contributed by atoms with Crippen LogP contribution in [0.5, 0.6) is 0 Å². The van der Waals surface area contributed by atoms with Gasteiger partial charge in [-0.1, -0.05) is 354 Å². The number of carbonyl (C=O) groups excluding carboxylic acids is 4. The summed E-state index contributed by atoms with van der Waals surface area (Å²) in [6.07, 6.45) is 67.3. The molecule has 19 heteroatoms. The lowest BCUT2D eigenvalue weighted by Gasteiger charge is -2.21. The van der Waals surface area contributed by atoms with E-state index in [0.717, 1.165) is 109 Å². The molecule has 0 aliphatic heterocycles. The number of allylic oxidation sites excluding steroid dienone is 4. The lowest BCUT2D eigenvalue weighted by molar-refractivity contribution is -0.161. The average Bonchev–Trinajstić information content (AvgIpc) is 0.946. The van der Waals surface area contributed by atoms with Crippen LogP contribution in [0.1, 0.15) is 407 Å². The van der Waals surface area contributed by atoms with Gasteiger partial charge in [0.25, 0.3) is 0 Å². The molecule has 0 bridgehead atoms. The molecule has 0 aromatic heterocycles. The Morgan fingerprint density at radius 3 is 0.820 bits per heavy atom. The molecule has 0 aromatic rings. The van der Waals surface area contributed by atoms with Crippen molar-refractivity contribution in [2.75, 3.05) is 39.6 Å². The molecule has 2 unspecified atom stereocenters. The maximum atomic E-state index is 13.1. The fourth-order valence-corrected chi connectivity index (χ4v) is 13.6. The van der Waals surface area contributed by atoms with Crippen molar-refractivity contribution in [3.63, 3.8) is 0 Å². The molecule has 0 rings (SSSR count). The Morgan fingerprint density at radius 1 is 0.310 bits per heavy atom. The first-order valence-corrected chi connectivity index (χ1v) is 44.4. The quantitative estimate of drug-likeness (QED) is 0.0169. The van der Waals surface area contributed by atoms with Gasteiger partial charge in [0.1, 0.15) is 19.3 Å². The second kappa shape index (κ2) is 73.4. The van der Waals surface area contributed by atoms with E-state index in [4.69, 9.17) is 37.0 Å². The molecule has 0 amide bonds. The van der Waals surface area contributed by atoms with Crippen LogP contribution in [-0.2, 0) is 65.4 Å². The summed E-state index contributed by atoms with van der Waals surface area (Å²) in [7, 11) is -9.93. The maximum absolute atomic E-state index is 13.1. The maximum Gasteiger partial charge on any atom is 0.472 e. The van der Waals surface area contributed by atoms with Crippen molar-refractivity contribution in [3.8, 4) is 0 Å². The molecule has 0 heterocycles. The third-order valence-corrected chi connectivity index (χ3v) is 20.3. The van der Waals surface area contributed by atoms with E-state index in [1.54, 1.807) is 0 Å². The van der Waals surface area contributed by atoms with Crippen LogP contribution in [0.15, 0.2) is 24.3 Å². The Morgan fingerprint density at radius 2 is 0.540 bits per heavy atom. The first-order chi connectivity index (χ1) is 48.5. The molecule has 0 aliphatic carbocycles. The molecule has 0 spiro atoms. The number of rotatable bonds is 79. The highest BCUT2D eigenvalue weighted by Gasteiger charge is 2.30. The zero-order chi connectivity index (χ0) is 73.4. The van der Waals surface area contributed by atoms with Gasteiger partial charge < -0.3 is 33.8 Å². The number of unbranched alkanes of at least 4 members (excludes halogenated alkanes) is 48. The topological polar surface area (TPSA) is 237 Å². The molecule has 3 N–H and O–H groups in total. The monoisotopic (exact) mass is 1460 g/mol. The number of hydrogen-bond acceptors (Lipinski definition) is 15. The number of ether oxygens (including phenoxy) is 4. The van der Waals surface area contributed by atoms with Crippen molar-refractivity contribution in [1.29, 1.82) is 0 Å². The summed E-state index contributed by atoms with van der Waals surface area (Å²) >= 11 is 0. The number of esters is 4. The van der Waals surface area contributed by atoms with Gasteiger partial charge in [0.2, 0.25) is 0 Å². The second-order valence-corrected chi connectivity index (χ2v) is 31.9. The van der Waals surface area contributed by atoms with E-state index in [0.29, 0.717) is 25.7 Å². The minimum atomic E-state index is -4.97. The van der Waals surface area contributed by atoms with Crippen LogP contribution < -0.4 is 0 Å². The molecule has 0 saturated carbocycles. The summed E-state index contributed by atoms with van der Waals surface area (Å²) < 4.78 is 68.7. The van der Waals surface area contributed by atoms with E-state index in [1.807, 2.05) is 0 Å². The normalized spacial score (nSPS) is 14.0. The highest BCUT2D eigenvalue weighted by molar-refractivity contribution is 7.47. The molecule has 17 nitrogen and oxygen atoms in total. The van der Waals surface area contributed by atoms with Crippen molar-refractivity contribution >= 4 is 39.5 Å². The standard InChI is InChI=1S/C81H154O17P2/c1-6-9-12-15-18-21-24-26-28-32-35-40-45-50-55-60-65-79(84)92-71-77(98-81(86)67-62-57-52-47-42-37-33-29-31-34-39-43-48-53-58-63-74(4)5)73-96-100(89,90)94-69-75(82)68-93-99(87,88)95-72-76(70-91-78(83)64-59-54-49-44-38-23-20-17-14-11-8-3)97-80(85)66-61-56-51-46-41-36-30-27-25-22-19-16-13-10-7-2/h22,25,27,30,74-77,82H,6-21,23-24,26,28-29,31-73H2,1-5H3,(H,87,88)(H,89,90)/b25-22-,30-27-/t75-,76+,77+/m0/s1. The number of hydrogen-bond donors (Lipinski definition) is 3. The highest BCUT2D eigenvalue weighted by atomic mass is 31.2. The van der Waals surface area contributed by atoms with Gasteiger partial charge in [-0.2, -0.15) is 0 Å². The van der Waals surface area contributed by atoms with Gasteiger partial charge in [-0.3, -0.25) is 37.3 Å². The molecule has 0 fully saturated rings. The third-order valence-electron chi connectivity index (χ3n) is 18.4. The summed E-state index contributed by atoms with van der Waals surface area (Å²) in [5.74, 6) is -1.33. The Hall–Kier alpha value is -2.46. The van der Waals surface area contributed by atoms with E-state index in [2.05, 4.69) is 58.9 Å². The van der Waals surface area contributed by atoms with Crippen molar-refractivity contribution in [2.24, 2.45) is 5.92 Å². The van der Waals surface area contributed by atoms with E-state index in [1.165, 1.54) is 218 Å². The summed E-state index contributed by atoms with van der Waals surface area (Å²) in [5, 5.41) is 10.6. The molecule has 590 valence electrons. The molecule has 100 heavy (non-hydrogen) atoms. The number of phosphoric ester groups is 2. The summed E-state index contributed by atoms with van der Waals surface area (Å²) in [5.41, 5.74) is 0. The minimum Gasteiger partial charge on any atom is -0.462 e. The molecular formula is C81H154O17P2. The number of aliphatic hydroxyl groups excluding tert-OH is 1. The first kappa shape index (κ1) is 97.5. The Kier molecular flexibility index (Phi) is 71.6. The van der Waals surface area contributed by atoms with Crippen molar-refractivity contribution in [2.45, 2.75) is 425 Å². The predicted molar refractivity (Wildman–Crippen MR) is 409 cm³/mol. The van der Waals surface area contributed by atoms with Gasteiger partial charge in [-0.05, 0) is 57.3 Å². The largest absolute Gasteiger partial charge is 0.472 e. The minimum absolute atomic E-state index is 0.0856. The van der Waals surface area contributed by atoms with Crippen molar-refractivity contribution in [1.82, 2.24) is 0 Å². The molecule has 0 aliphatic rings. The summed E-state index contributed by atoms with van der Waals surface area (Å²) in [4.78, 5) is 73.0. The zero-order valence-corrected chi connectivity index (χ0v) is 66.6. The van der Waals surface area contributed by atoms with Gasteiger partial charge in [0.15, 0.2) is 12.2 Å². The molecule has 0 aromatic carbocycles. The zero-order valence-electron chi connectivity index (χ0n) is 64.8. The number of phosphoric acid groups is 2. The average molecular weight is 1460 g/mol. The Balaban J connectivity index is 5.28. The number of carbonyl (C=O) groups is 4. The lowest BCUT2D eigenvalue weighted by atomic mass is 10.0. The van der Waals surface area contributed by atoms with Crippen molar-refractivity contribution < 1.29 is 80.2 Å². The van der Waals surface area contributed by atoms with Crippen LogP contribution in [0, 0.1) is 5.92 Å². The van der Waals surface area contributed by atoms with Crippen LogP contribution in [0.2, 0.25) is 0 Å². The first-order valence-electron chi connectivity index (χ1n) is 41.5. The fourth-order valence-electron chi connectivity index (χ4n) is 12.0.